The lowest BCUT2D eigenvalue weighted by Crippen LogP contribution is -2.36. The minimum Gasteiger partial charge on any atom is -0.497 e. The van der Waals surface area contributed by atoms with E-state index in [4.69, 9.17) is 9.47 Å². The van der Waals surface area contributed by atoms with Crippen molar-refractivity contribution in [1.82, 2.24) is 14.1 Å². The van der Waals surface area contributed by atoms with E-state index in [9.17, 15) is 13.2 Å². The molecule has 9 heteroatoms. The number of carbonyl (C=O) groups excluding carboxylic acids is 1. The quantitative estimate of drug-likeness (QED) is 0.729. The summed E-state index contributed by atoms with van der Waals surface area (Å²) < 4.78 is 39.0. The Morgan fingerprint density at radius 1 is 1.27 bits per heavy atom. The molecule has 0 saturated heterocycles. The summed E-state index contributed by atoms with van der Waals surface area (Å²) in [6.07, 6.45) is 0.480. The molecule has 1 aliphatic heterocycles. The van der Waals surface area contributed by atoms with E-state index < -0.39 is 16.0 Å². The highest BCUT2D eigenvalue weighted by atomic mass is 32.2. The second-order valence-electron chi connectivity index (χ2n) is 5.88. The molecule has 2 heterocycles. The van der Waals surface area contributed by atoms with Gasteiger partial charge in [-0.3, -0.25) is 4.68 Å². The average molecular weight is 379 g/mol. The van der Waals surface area contributed by atoms with Crippen molar-refractivity contribution in [3.8, 4) is 5.75 Å². The van der Waals surface area contributed by atoms with Gasteiger partial charge >= 0.3 is 5.97 Å². The topological polar surface area (TPSA) is 90.7 Å². The van der Waals surface area contributed by atoms with Crippen LogP contribution in [0.4, 0.5) is 0 Å². The van der Waals surface area contributed by atoms with E-state index in [2.05, 4.69) is 5.10 Å². The normalized spacial score (nSPS) is 14.7. The number of aromatic nitrogens is 2. The standard InChI is InChI=1S/C17H21N3O5S/c1-4-25-17(21)16-14-11-20(10-9-15(14)19(2)18-16)26(22,23)13-7-5-12(24-3)6-8-13/h5-8H,4,9-11H2,1-3H3. The number of methoxy groups -OCH3 is 1. The van der Waals surface area contributed by atoms with E-state index in [1.807, 2.05) is 0 Å². The van der Waals surface area contributed by atoms with Crippen LogP contribution in [0.1, 0.15) is 28.7 Å². The van der Waals surface area contributed by atoms with Gasteiger partial charge in [-0.05, 0) is 31.2 Å². The number of aryl methyl sites for hydroxylation is 1. The Labute approximate surface area is 152 Å². The van der Waals surface area contributed by atoms with E-state index in [1.54, 1.807) is 30.8 Å². The first-order valence-corrected chi connectivity index (χ1v) is 9.68. The fourth-order valence-electron chi connectivity index (χ4n) is 3.03. The zero-order valence-electron chi connectivity index (χ0n) is 14.9. The first kappa shape index (κ1) is 18.4. The highest BCUT2D eigenvalue weighted by Gasteiger charge is 2.33. The molecule has 140 valence electrons. The number of esters is 1. The third-order valence-electron chi connectivity index (χ3n) is 4.37. The lowest BCUT2D eigenvalue weighted by atomic mass is 10.1. The molecule has 2 aromatic rings. The minimum atomic E-state index is -3.69. The average Bonchev–Trinajstić information content (AvgIpc) is 2.98. The zero-order valence-corrected chi connectivity index (χ0v) is 15.7. The fraction of sp³-hybridized carbons (Fsp3) is 0.412. The van der Waals surface area contributed by atoms with Crippen LogP contribution in [0.2, 0.25) is 0 Å². The Bertz CT molecular complexity index is 919. The van der Waals surface area contributed by atoms with Crippen LogP contribution in [0, 0.1) is 0 Å². The number of sulfonamides is 1. The van der Waals surface area contributed by atoms with E-state index in [1.165, 1.54) is 23.5 Å². The molecule has 3 rings (SSSR count). The van der Waals surface area contributed by atoms with E-state index in [0.717, 1.165) is 5.69 Å². The van der Waals surface area contributed by atoms with Crippen molar-refractivity contribution in [3.05, 3.63) is 41.2 Å². The molecule has 1 aromatic carbocycles. The lowest BCUT2D eigenvalue weighted by Gasteiger charge is -2.26. The van der Waals surface area contributed by atoms with Gasteiger partial charge in [0.25, 0.3) is 0 Å². The number of nitrogens with zero attached hydrogens (tertiary/aromatic N) is 3. The molecule has 0 amide bonds. The first-order valence-electron chi connectivity index (χ1n) is 8.24. The number of rotatable bonds is 5. The smallest absolute Gasteiger partial charge is 0.359 e. The fourth-order valence-corrected chi connectivity index (χ4v) is 4.44. The van der Waals surface area contributed by atoms with Gasteiger partial charge in [-0.1, -0.05) is 0 Å². The van der Waals surface area contributed by atoms with Crippen LogP contribution in [-0.4, -0.2) is 48.7 Å². The molecule has 26 heavy (non-hydrogen) atoms. The molecule has 0 N–H and O–H groups in total. The molecule has 0 aliphatic carbocycles. The first-order chi connectivity index (χ1) is 12.4. The summed E-state index contributed by atoms with van der Waals surface area (Å²) in [7, 11) is -0.419. The minimum absolute atomic E-state index is 0.0890. The van der Waals surface area contributed by atoms with Gasteiger partial charge in [0.15, 0.2) is 5.69 Å². The van der Waals surface area contributed by atoms with Crippen LogP contribution in [0.15, 0.2) is 29.2 Å². The van der Waals surface area contributed by atoms with Gasteiger partial charge < -0.3 is 9.47 Å². The lowest BCUT2D eigenvalue weighted by molar-refractivity contribution is 0.0516. The molecule has 0 radical (unpaired) electrons. The Morgan fingerprint density at radius 2 is 1.96 bits per heavy atom. The van der Waals surface area contributed by atoms with Gasteiger partial charge in [0.05, 0.1) is 18.6 Å². The van der Waals surface area contributed by atoms with Gasteiger partial charge in [-0.15, -0.1) is 0 Å². The number of carbonyl (C=O) groups is 1. The highest BCUT2D eigenvalue weighted by molar-refractivity contribution is 7.89. The summed E-state index contributed by atoms with van der Waals surface area (Å²) in [4.78, 5) is 12.3. The van der Waals surface area contributed by atoms with Crippen molar-refractivity contribution in [2.75, 3.05) is 20.3 Å². The molecule has 0 spiro atoms. The predicted molar refractivity (Wildman–Crippen MR) is 93.5 cm³/mol. The molecule has 0 unspecified atom stereocenters. The number of fused-ring (bicyclic) bond motifs is 1. The van der Waals surface area contributed by atoms with Crippen LogP contribution in [0.3, 0.4) is 0 Å². The Hall–Kier alpha value is -2.39. The van der Waals surface area contributed by atoms with Gasteiger partial charge in [0.2, 0.25) is 10.0 Å². The van der Waals surface area contributed by atoms with Crippen LogP contribution < -0.4 is 4.74 Å². The van der Waals surface area contributed by atoms with Crippen LogP contribution >= 0.6 is 0 Å². The van der Waals surface area contributed by atoms with Crippen LogP contribution in [0.25, 0.3) is 0 Å². The summed E-state index contributed by atoms with van der Waals surface area (Å²) >= 11 is 0. The van der Waals surface area contributed by atoms with Crippen molar-refractivity contribution in [1.29, 1.82) is 0 Å². The second kappa shape index (κ2) is 7.08. The van der Waals surface area contributed by atoms with Crippen LogP contribution in [-0.2, 0) is 34.8 Å². The number of hydrogen-bond acceptors (Lipinski definition) is 6. The van der Waals surface area contributed by atoms with E-state index in [0.29, 0.717) is 24.3 Å². The molecule has 0 bridgehead atoms. The maximum Gasteiger partial charge on any atom is 0.359 e. The molecular weight excluding hydrogens is 358 g/mol. The van der Waals surface area contributed by atoms with Crippen molar-refractivity contribution in [2.45, 2.75) is 24.8 Å². The molecule has 8 nitrogen and oxygen atoms in total. The molecule has 0 atom stereocenters. The number of hydrogen-bond donors (Lipinski definition) is 0. The summed E-state index contributed by atoms with van der Waals surface area (Å²) in [5, 5.41) is 4.23. The summed E-state index contributed by atoms with van der Waals surface area (Å²) in [6.45, 7) is 2.36. The monoisotopic (exact) mass is 379 g/mol. The zero-order chi connectivity index (χ0) is 18.9. The Morgan fingerprint density at radius 3 is 2.58 bits per heavy atom. The predicted octanol–water partition coefficient (Wildman–Crippen LogP) is 1.35. The SMILES string of the molecule is CCOC(=O)c1nn(C)c2c1CN(S(=O)(=O)c1ccc(OC)cc1)CC2. The summed E-state index contributed by atoms with van der Waals surface area (Å²) in [5.74, 6) is 0.0507. The number of ether oxygens (including phenoxy) is 2. The summed E-state index contributed by atoms with van der Waals surface area (Å²) in [6, 6.07) is 6.24. The van der Waals surface area contributed by atoms with Crippen molar-refractivity contribution in [3.63, 3.8) is 0 Å². The van der Waals surface area contributed by atoms with Gasteiger partial charge in [-0.2, -0.15) is 9.40 Å². The van der Waals surface area contributed by atoms with Gasteiger partial charge in [-0.25, -0.2) is 13.2 Å². The van der Waals surface area contributed by atoms with Crippen molar-refractivity contribution in [2.24, 2.45) is 7.05 Å². The molecule has 1 aliphatic rings. The van der Waals surface area contributed by atoms with E-state index >= 15 is 0 Å². The van der Waals surface area contributed by atoms with Gasteiger partial charge in [0, 0.05) is 37.8 Å². The molecule has 0 saturated carbocycles. The third kappa shape index (κ3) is 3.19. The summed E-state index contributed by atoms with van der Waals surface area (Å²) in [5.41, 5.74) is 1.64. The highest BCUT2D eigenvalue weighted by Crippen LogP contribution is 2.28. The third-order valence-corrected chi connectivity index (χ3v) is 6.23. The number of benzene rings is 1. The molecular formula is C17H21N3O5S. The Balaban J connectivity index is 1.92. The largest absolute Gasteiger partial charge is 0.497 e. The van der Waals surface area contributed by atoms with Crippen molar-refractivity contribution >= 4 is 16.0 Å². The van der Waals surface area contributed by atoms with Gasteiger partial charge in [0.1, 0.15) is 5.75 Å². The Kier molecular flexibility index (Phi) is 5.01. The maximum absolute atomic E-state index is 13.0. The maximum atomic E-state index is 13.0. The van der Waals surface area contributed by atoms with E-state index in [-0.39, 0.29) is 23.7 Å². The molecule has 1 aromatic heterocycles. The van der Waals surface area contributed by atoms with Crippen LogP contribution in [0.5, 0.6) is 5.75 Å². The second-order valence-corrected chi connectivity index (χ2v) is 7.82. The van der Waals surface area contributed by atoms with Crippen molar-refractivity contribution < 1.29 is 22.7 Å². The molecule has 0 fully saturated rings.